The third-order valence-electron chi connectivity index (χ3n) is 5.80. The Labute approximate surface area is 181 Å². The zero-order valence-corrected chi connectivity index (χ0v) is 18.0. The van der Waals surface area contributed by atoms with Crippen molar-refractivity contribution < 1.29 is 19.4 Å². The fraction of sp³-hybridized carbons (Fsp3) is 0.333. The number of ether oxygens (including phenoxy) is 2. The fourth-order valence-corrected chi connectivity index (χ4v) is 3.86. The van der Waals surface area contributed by atoms with Crippen LogP contribution in [-0.4, -0.2) is 59.5 Å². The van der Waals surface area contributed by atoms with E-state index in [0.717, 1.165) is 28.1 Å². The maximum atomic E-state index is 13.1. The second-order valence-electron chi connectivity index (χ2n) is 7.81. The molecule has 0 saturated carbocycles. The number of benzene rings is 2. The van der Waals surface area contributed by atoms with Crippen molar-refractivity contribution in [1.82, 2.24) is 15.1 Å². The monoisotopic (exact) mass is 421 g/mol. The molecule has 4 rings (SSSR count). The SMILES string of the molecule is COc1ccc(C2CN(C(=O)c3ccc(C)c(-c4[nH]nc(OCCO)c4C)c3)C2)cc1. The number of carbonyl (C=O) groups excluding carboxylic acids is 1. The summed E-state index contributed by atoms with van der Waals surface area (Å²) in [5.41, 5.74) is 5.50. The van der Waals surface area contributed by atoms with E-state index in [1.807, 2.05) is 49.1 Å². The van der Waals surface area contributed by atoms with E-state index in [4.69, 9.17) is 14.6 Å². The Bertz CT molecular complexity index is 1070. The topological polar surface area (TPSA) is 87.7 Å². The maximum absolute atomic E-state index is 13.1. The average Bonchev–Trinajstić information content (AvgIpc) is 3.12. The van der Waals surface area contributed by atoms with Crippen LogP contribution in [-0.2, 0) is 0 Å². The number of nitrogens with zero attached hydrogens (tertiary/aromatic N) is 2. The zero-order chi connectivity index (χ0) is 22.0. The van der Waals surface area contributed by atoms with Crippen LogP contribution in [0.15, 0.2) is 42.5 Å². The van der Waals surface area contributed by atoms with Crippen LogP contribution in [0.5, 0.6) is 11.6 Å². The van der Waals surface area contributed by atoms with Gasteiger partial charge in [-0.15, -0.1) is 5.10 Å². The summed E-state index contributed by atoms with van der Waals surface area (Å²) < 4.78 is 10.7. The summed E-state index contributed by atoms with van der Waals surface area (Å²) in [6.07, 6.45) is 0. The fourth-order valence-electron chi connectivity index (χ4n) is 3.86. The third kappa shape index (κ3) is 4.14. The Hall–Kier alpha value is -3.32. The first-order valence-corrected chi connectivity index (χ1v) is 10.3. The van der Waals surface area contributed by atoms with E-state index in [0.29, 0.717) is 30.5 Å². The minimum atomic E-state index is -0.0714. The highest BCUT2D eigenvalue weighted by Gasteiger charge is 2.32. The molecule has 7 heteroatoms. The van der Waals surface area contributed by atoms with Gasteiger partial charge in [0, 0.05) is 35.7 Å². The third-order valence-corrected chi connectivity index (χ3v) is 5.80. The minimum absolute atomic E-state index is 0.0277. The first-order chi connectivity index (χ1) is 15.0. The van der Waals surface area contributed by atoms with Gasteiger partial charge in [-0.2, -0.15) is 0 Å². The maximum Gasteiger partial charge on any atom is 0.253 e. The van der Waals surface area contributed by atoms with Gasteiger partial charge in [0.15, 0.2) is 0 Å². The van der Waals surface area contributed by atoms with E-state index in [2.05, 4.69) is 22.3 Å². The van der Waals surface area contributed by atoms with Gasteiger partial charge < -0.3 is 19.5 Å². The second kappa shape index (κ2) is 8.81. The van der Waals surface area contributed by atoms with Crippen LogP contribution in [0.25, 0.3) is 11.3 Å². The van der Waals surface area contributed by atoms with E-state index in [1.165, 1.54) is 5.56 Å². The lowest BCUT2D eigenvalue weighted by atomic mass is 9.90. The highest BCUT2D eigenvalue weighted by molar-refractivity contribution is 5.96. The normalized spacial score (nSPS) is 13.7. The first-order valence-electron chi connectivity index (χ1n) is 10.3. The molecule has 3 aromatic rings. The van der Waals surface area contributed by atoms with Crippen LogP contribution in [0.2, 0.25) is 0 Å². The Kier molecular flexibility index (Phi) is 5.95. The minimum Gasteiger partial charge on any atom is -0.497 e. The molecule has 0 unspecified atom stereocenters. The molecule has 1 aliphatic heterocycles. The Balaban J connectivity index is 1.48. The van der Waals surface area contributed by atoms with E-state index in [9.17, 15) is 4.79 Å². The summed E-state index contributed by atoms with van der Waals surface area (Å²) in [7, 11) is 1.66. The molecule has 0 bridgehead atoms. The van der Waals surface area contributed by atoms with Crippen molar-refractivity contribution in [2.45, 2.75) is 19.8 Å². The number of aliphatic hydroxyl groups is 1. The molecule has 2 N–H and O–H groups in total. The first kappa shape index (κ1) is 20.9. The van der Waals surface area contributed by atoms with Gasteiger partial charge in [-0.3, -0.25) is 9.89 Å². The number of hydrogen-bond donors (Lipinski definition) is 2. The number of nitrogens with one attached hydrogen (secondary N) is 1. The van der Waals surface area contributed by atoms with Crippen molar-refractivity contribution in [3.8, 4) is 22.9 Å². The number of rotatable bonds is 7. The lowest BCUT2D eigenvalue weighted by Crippen LogP contribution is -2.48. The molecular formula is C24H27N3O4. The zero-order valence-electron chi connectivity index (χ0n) is 18.0. The van der Waals surface area contributed by atoms with Crippen molar-refractivity contribution >= 4 is 5.91 Å². The van der Waals surface area contributed by atoms with E-state index >= 15 is 0 Å². The van der Waals surface area contributed by atoms with Crippen LogP contribution in [0.3, 0.4) is 0 Å². The van der Waals surface area contributed by atoms with Crippen molar-refractivity contribution in [2.24, 2.45) is 0 Å². The standard InChI is InChI=1S/C24H27N3O4/c1-15-4-5-18(12-21(15)22-16(2)23(26-25-22)31-11-10-28)24(29)27-13-19(14-27)17-6-8-20(30-3)9-7-17/h4-9,12,19,28H,10-11,13-14H2,1-3H3,(H,25,26). The van der Waals surface area contributed by atoms with Crippen LogP contribution >= 0.6 is 0 Å². The molecule has 31 heavy (non-hydrogen) atoms. The number of H-pyrrole nitrogens is 1. The molecular weight excluding hydrogens is 394 g/mol. The van der Waals surface area contributed by atoms with Gasteiger partial charge in [0.05, 0.1) is 19.4 Å². The number of aliphatic hydroxyl groups excluding tert-OH is 1. The Morgan fingerprint density at radius 3 is 2.61 bits per heavy atom. The van der Waals surface area contributed by atoms with E-state index in [1.54, 1.807) is 7.11 Å². The van der Waals surface area contributed by atoms with Crippen molar-refractivity contribution in [3.05, 3.63) is 64.7 Å². The van der Waals surface area contributed by atoms with Crippen LogP contribution in [0.1, 0.15) is 33.0 Å². The lowest BCUT2D eigenvalue weighted by molar-refractivity contribution is 0.0602. The summed E-state index contributed by atoms with van der Waals surface area (Å²) >= 11 is 0. The molecule has 2 aromatic carbocycles. The summed E-state index contributed by atoms with van der Waals surface area (Å²) in [5.74, 6) is 1.67. The summed E-state index contributed by atoms with van der Waals surface area (Å²) in [6, 6.07) is 13.8. The quantitative estimate of drug-likeness (QED) is 0.611. The molecule has 2 heterocycles. The van der Waals surface area contributed by atoms with Crippen LogP contribution in [0, 0.1) is 13.8 Å². The van der Waals surface area contributed by atoms with E-state index in [-0.39, 0.29) is 19.1 Å². The highest BCUT2D eigenvalue weighted by atomic mass is 16.5. The molecule has 1 saturated heterocycles. The van der Waals surface area contributed by atoms with Crippen LogP contribution in [0.4, 0.5) is 0 Å². The highest BCUT2D eigenvalue weighted by Crippen LogP contribution is 2.33. The predicted octanol–water partition coefficient (Wildman–Crippen LogP) is 3.31. The van der Waals surface area contributed by atoms with Crippen molar-refractivity contribution in [3.63, 3.8) is 0 Å². The number of likely N-dealkylation sites (tertiary alicyclic amines) is 1. The largest absolute Gasteiger partial charge is 0.497 e. The Morgan fingerprint density at radius 2 is 1.94 bits per heavy atom. The van der Waals surface area contributed by atoms with Gasteiger partial charge in [-0.25, -0.2) is 0 Å². The molecule has 0 spiro atoms. The van der Waals surface area contributed by atoms with Crippen molar-refractivity contribution in [1.29, 1.82) is 0 Å². The second-order valence-corrected chi connectivity index (χ2v) is 7.81. The van der Waals surface area contributed by atoms with Gasteiger partial charge >= 0.3 is 0 Å². The van der Waals surface area contributed by atoms with Gasteiger partial charge in [0.2, 0.25) is 5.88 Å². The predicted molar refractivity (Wildman–Crippen MR) is 118 cm³/mol. The van der Waals surface area contributed by atoms with Crippen LogP contribution < -0.4 is 9.47 Å². The number of aryl methyl sites for hydroxylation is 1. The molecule has 1 amide bonds. The van der Waals surface area contributed by atoms with Gasteiger partial charge in [-0.1, -0.05) is 18.2 Å². The molecule has 0 aliphatic carbocycles. The smallest absolute Gasteiger partial charge is 0.253 e. The number of aromatic amines is 1. The molecule has 1 aromatic heterocycles. The lowest BCUT2D eigenvalue weighted by Gasteiger charge is -2.39. The van der Waals surface area contributed by atoms with E-state index < -0.39 is 0 Å². The van der Waals surface area contributed by atoms with Crippen molar-refractivity contribution in [2.75, 3.05) is 33.4 Å². The summed E-state index contributed by atoms with van der Waals surface area (Å²) in [4.78, 5) is 14.9. The van der Waals surface area contributed by atoms with Gasteiger partial charge in [-0.05, 0) is 49.2 Å². The molecule has 0 atom stereocenters. The summed E-state index contributed by atoms with van der Waals surface area (Å²) in [6.45, 7) is 5.44. The molecule has 1 fully saturated rings. The molecule has 0 radical (unpaired) electrons. The number of carbonyl (C=O) groups is 1. The number of amides is 1. The number of aromatic nitrogens is 2. The average molecular weight is 421 g/mol. The van der Waals surface area contributed by atoms with Gasteiger partial charge in [0.1, 0.15) is 12.4 Å². The summed E-state index contributed by atoms with van der Waals surface area (Å²) in [5, 5.41) is 16.2. The Morgan fingerprint density at radius 1 is 1.19 bits per heavy atom. The number of hydrogen-bond acceptors (Lipinski definition) is 5. The molecule has 7 nitrogen and oxygen atoms in total. The number of methoxy groups -OCH3 is 1. The molecule has 162 valence electrons. The molecule has 1 aliphatic rings. The van der Waals surface area contributed by atoms with Gasteiger partial charge in [0.25, 0.3) is 5.91 Å².